The molecule has 0 bridgehead atoms. The van der Waals surface area contributed by atoms with Crippen LogP contribution in [-0.2, 0) is 0 Å². The Morgan fingerprint density at radius 3 is 2.38 bits per heavy atom. The largest absolute Gasteiger partial charge is 0.399 e. The predicted octanol–water partition coefficient (Wildman–Crippen LogP) is 1.11. The van der Waals surface area contributed by atoms with Gasteiger partial charge in [-0.1, -0.05) is 13.8 Å². The lowest BCUT2D eigenvalue weighted by Crippen LogP contribution is -2.22. The minimum atomic E-state index is -0.564. The highest BCUT2D eigenvalue weighted by Gasteiger charge is 2.06. The zero-order valence-corrected chi connectivity index (χ0v) is 10.7. The van der Waals surface area contributed by atoms with Crippen molar-refractivity contribution >= 4 is 6.21 Å². The number of likely N-dealkylation sites (N-methyl/N-ethyl adjacent to an activating group) is 1. The van der Waals surface area contributed by atoms with E-state index in [1.54, 1.807) is 0 Å². The Balaban J connectivity index is 0. The van der Waals surface area contributed by atoms with Crippen LogP contribution in [0.2, 0.25) is 0 Å². The molecule has 6 nitrogen and oxygen atoms in total. The van der Waals surface area contributed by atoms with E-state index in [9.17, 15) is 10.1 Å². The lowest BCUT2D eigenvalue weighted by Gasteiger charge is -2.12. The lowest BCUT2D eigenvalue weighted by atomic mass is 10.3. The molecule has 0 saturated carbocycles. The van der Waals surface area contributed by atoms with Gasteiger partial charge in [0.15, 0.2) is 0 Å². The maximum absolute atomic E-state index is 10.3. The quantitative estimate of drug-likeness (QED) is 0.435. The normalized spacial score (nSPS) is 13.5. The van der Waals surface area contributed by atoms with Crippen LogP contribution in [0, 0.1) is 10.1 Å². The molecule has 1 atom stereocenters. The number of nitrogens with zero attached hydrogens (tertiary/aromatic N) is 3. The maximum Gasteiger partial charge on any atom is 0.302 e. The van der Waals surface area contributed by atoms with Gasteiger partial charge in [0.2, 0.25) is 0 Å². The summed E-state index contributed by atoms with van der Waals surface area (Å²) in [6.45, 7) is 6.62. The van der Waals surface area contributed by atoms with Crippen LogP contribution < -0.4 is 5.73 Å². The van der Waals surface area contributed by atoms with Gasteiger partial charge in [-0.3, -0.25) is 15.1 Å². The molecule has 0 amide bonds. The van der Waals surface area contributed by atoms with Crippen molar-refractivity contribution in [3.63, 3.8) is 0 Å². The molecule has 6 heteroatoms. The van der Waals surface area contributed by atoms with Crippen LogP contribution in [0.1, 0.15) is 20.8 Å². The third-order valence-electron chi connectivity index (χ3n) is 1.47. The Labute approximate surface area is 97.0 Å². The molecule has 94 valence electrons. The first-order chi connectivity index (χ1) is 7.47. The molecule has 2 N–H and O–H groups in total. The van der Waals surface area contributed by atoms with Gasteiger partial charge >= 0.3 is 5.70 Å². The first-order valence-electron chi connectivity index (χ1n) is 5.21. The molecule has 0 rings (SSSR count). The summed E-state index contributed by atoms with van der Waals surface area (Å²) in [5, 5.41) is 10.3. The Hall–Kier alpha value is -1.43. The van der Waals surface area contributed by atoms with Gasteiger partial charge in [-0.15, -0.1) is 0 Å². The average Bonchev–Trinajstić information content (AvgIpc) is 2.20. The van der Waals surface area contributed by atoms with Gasteiger partial charge in [-0.2, -0.15) is 0 Å². The van der Waals surface area contributed by atoms with Crippen LogP contribution in [-0.4, -0.2) is 42.7 Å². The molecule has 1 unspecified atom stereocenters. The van der Waals surface area contributed by atoms with E-state index in [4.69, 9.17) is 5.73 Å². The van der Waals surface area contributed by atoms with Crippen molar-refractivity contribution in [2.24, 2.45) is 10.7 Å². The van der Waals surface area contributed by atoms with Gasteiger partial charge in [-0.05, 0) is 21.0 Å². The van der Waals surface area contributed by atoms with Crippen molar-refractivity contribution in [3.05, 3.63) is 22.0 Å². The highest BCUT2D eigenvalue weighted by Crippen LogP contribution is 1.94. The van der Waals surface area contributed by atoms with E-state index < -0.39 is 4.92 Å². The first kappa shape index (κ1) is 17.0. The molecule has 0 aromatic carbocycles. The van der Waals surface area contributed by atoms with Crippen molar-refractivity contribution < 1.29 is 4.92 Å². The number of aliphatic imine (C=N–C) groups is 1. The highest BCUT2D eigenvalue weighted by atomic mass is 16.6. The van der Waals surface area contributed by atoms with E-state index in [0.29, 0.717) is 0 Å². The van der Waals surface area contributed by atoms with Crippen molar-refractivity contribution in [1.29, 1.82) is 0 Å². The Bertz CT molecular complexity index is 249. The van der Waals surface area contributed by atoms with Crippen LogP contribution in [0.15, 0.2) is 16.9 Å². The molecular weight excluding hydrogens is 208 g/mol. The van der Waals surface area contributed by atoms with E-state index in [1.807, 2.05) is 39.8 Å². The van der Waals surface area contributed by atoms with Gasteiger partial charge in [0, 0.05) is 6.54 Å². The Kier molecular flexibility index (Phi) is 10.7. The summed E-state index contributed by atoms with van der Waals surface area (Å²) < 4.78 is 0. The van der Waals surface area contributed by atoms with Crippen LogP contribution in [0.3, 0.4) is 0 Å². The summed E-state index contributed by atoms with van der Waals surface area (Å²) in [6, 6.07) is 0.0138. The molecular formula is C10H22N4O2. The zero-order valence-electron chi connectivity index (χ0n) is 10.7. The number of nitrogens with two attached hydrogens (primary N) is 1. The molecule has 0 aliphatic carbocycles. The molecule has 0 radical (unpaired) electrons. The summed E-state index contributed by atoms with van der Waals surface area (Å²) >= 11 is 0. The molecule has 0 aromatic heterocycles. The summed E-state index contributed by atoms with van der Waals surface area (Å²) in [4.78, 5) is 15.7. The maximum atomic E-state index is 10.3. The number of rotatable bonds is 5. The summed E-state index contributed by atoms with van der Waals surface area (Å²) in [6.07, 6.45) is 2.13. The smallest absolute Gasteiger partial charge is 0.302 e. The van der Waals surface area contributed by atoms with E-state index >= 15 is 0 Å². The van der Waals surface area contributed by atoms with Gasteiger partial charge in [-0.25, -0.2) is 0 Å². The number of hydrogen-bond donors (Lipinski definition) is 1. The van der Waals surface area contributed by atoms with E-state index in [2.05, 4.69) is 4.99 Å². The summed E-state index contributed by atoms with van der Waals surface area (Å²) in [5.74, 6) is 0. The van der Waals surface area contributed by atoms with Crippen molar-refractivity contribution in [3.8, 4) is 0 Å². The van der Waals surface area contributed by atoms with Crippen molar-refractivity contribution in [2.45, 2.75) is 26.8 Å². The van der Waals surface area contributed by atoms with E-state index in [1.165, 1.54) is 6.21 Å². The number of allylic oxidation sites excluding steroid dienone is 1. The lowest BCUT2D eigenvalue weighted by molar-refractivity contribution is -0.414. The average molecular weight is 230 g/mol. The standard InChI is InChI=1S/C8H16N4O2.C2H6/c1-7(6-11(2)3)10-5-8(4-9)12(13)14;1-2/h4-5,7H,6,9H2,1-3H3;1-2H3/b8-4+,10-5?;. The third kappa shape index (κ3) is 9.14. The molecule has 16 heavy (non-hydrogen) atoms. The monoisotopic (exact) mass is 230 g/mol. The first-order valence-corrected chi connectivity index (χ1v) is 5.21. The second kappa shape index (κ2) is 10.1. The molecule has 0 aromatic rings. The van der Waals surface area contributed by atoms with E-state index in [-0.39, 0.29) is 11.7 Å². The molecule has 0 aliphatic heterocycles. The SMILES string of the molecule is CC.CC(CN(C)C)N=C/C(=C\N)[N+](=O)[O-]. The third-order valence-corrected chi connectivity index (χ3v) is 1.47. The van der Waals surface area contributed by atoms with Crippen LogP contribution in [0.25, 0.3) is 0 Å². The highest BCUT2D eigenvalue weighted by molar-refractivity contribution is 5.75. The van der Waals surface area contributed by atoms with Crippen LogP contribution >= 0.6 is 0 Å². The zero-order chi connectivity index (χ0) is 13.1. The fourth-order valence-corrected chi connectivity index (χ4v) is 0.930. The minimum Gasteiger partial charge on any atom is -0.399 e. The fourth-order valence-electron chi connectivity index (χ4n) is 0.930. The van der Waals surface area contributed by atoms with Gasteiger partial charge in [0.25, 0.3) is 0 Å². The van der Waals surface area contributed by atoms with Gasteiger partial charge in [0.05, 0.1) is 17.2 Å². The van der Waals surface area contributed by atoms with Gasteiger partial charge < -0.3 is 10.6 Å². The number of hydrogen-bond acceptors (Lipinski definition) is 5. The Morgan fingerprint density at radius 2 is 2.06 bits per heavy atom. The molecule has 0 saturated heterocycles. The summed E-state index contributed by atoms with van der Waals surface area (Å²) in [7, 11) is 3.83. The summed E-state index contributed by atoms with van der Waals surface area (Å²) in [5.41, 5.74) is 4.87. The molecule has 0 fully saturated rings. The van der Waals surface area contributed by atoms with E-state index in [0.717, 1.165) is 12.7 Å². The molecule has 0 spiro atoms. The topological polar surface area (TPSA) is 84.8 Å². The van der Waals surface area contributed by atoms with Crippen LogP contribution in [0.4, 0.5) is 0 Å². The Morgan fingerprint density at radius 1 is 1.56 bits per heavy atom. The van der Waals surface area contributed by atoms with Gasteiger partial charge in [0.1, 0.15) is 6.21 Å². The van der Waals surface area contributed by atoms with Crippen molar-refractivity contribution in [2.75, 3.05) is 20.6 Å². The van der Waals surface area contributed by atoms with Crippen molar-refractivity contribution in [1.82, 2.24) is 4.90 Å². The molecule has 0 aliphatic rings. The fraction of sp³-hybridized carbons (Fsp3) is 0.700. The second-order valence-electron chi connectivity index (χ2n) is 3.24. The van der Waals surface area contributed by atoms with Crippen LogP contribution in [0.5, 0.6) is 0 Å². The molecule has 0 heterocycles. The predicted molar refractivity (Wildman–Crippen MR) is 67.1 cm³/mol. The second-order valence-corrected chi connectivity index (χ2v) is 3.24. The minimum absolute atomic E-state index is 0.0138. The number of nitro groups is 1.